The van der Waals surface area contributed by atoms with Gasteiger partial charge in [-0.2, -0.15) is 0 Å². The molecule has 1 amide bonds. The average Bonchev–Trinajstić information content (AvgIpc) is 2.78. The monoisotopic (exact) mass is 398 g/mol. The first-order valence-corrected chi connectivity index (χ1v) is 9.60. The molecule has 4 aromatic rings. The first-order chi connectivity index (χ1) is 14.6. The highest BCUT2D eigenvalue weighted by Gasteiger charge is 2.16. The van der Waals surface area contributed by atoms with E-state index in [9.17, 15) is 4.79 Å². The van der Waals surface area contributed by atoms with Gasteiger partial charge in [0.2, 0.25) is 0 Å². The molecule has 0 atom stereocenters. The number of nitrogens with one attached hydrogen (secondary N) is 1. The number of para-hydroxylation sites is 1. The van der Waals surface area contributed by atoms with E-state index in [1.54, 1.807) is 32.4 Å². The van der Waals surface area contributed by atoms with Crippen LogP contribution < -0.4 is 14.8 Å². The number of carbonyl (C=O) groups is 1. The second-order valence-corrected chi connectivity index (χ2v) is 6.91. The van der Waals surface area contributed by atoms with Crippen LogP contribution in [0.1, 0.15) is 15.9 Å². The Kier molecular flexibility index (Phi) is 5.35. The van der Waals surface area contributed by atoms with Crippen molar-refractivity contribution in [1.82, 2.24) is 4.98 Å². The van der Waals surface area contributed by atoms with Gasteiger partial charge in [-0.1, -0.05) is 42.5 Å². The molecule has 1 aromatic heterocycles. The minimum atomic E-state index is -0.230. The quantitative estimate of drug-likeness (QED) is 0.484. The SMILES string of the molecule is COc1ccc(NC(=O)c2cc(-c3ccccc3C)nc3ccccc23)c(OC)c1. The van der Waals surface area contributed by atoms with Crippen LogP contribution in [-0.2, 0) is 0 Å². The van der Waals surface area contributed by atoms with E-state index in [2.05, 4.69) is 5.32 Å². The van der Waals surface area contributed by atoms with Gasteiger partial charge in [-0.05, 0) is 36.8 Å². The Balaban J connectivity index is 1.80. The third kappa shape index (κ3) is 3.70. The summed E-state index contributed by atoms with van der Waals surface area (Å²) in [5, 5.41) is 3.76. The van der Waals surface area contributed by atoms with Gasteiger partial charge in [-0.3, -0.25) is 4.79 Å². The number of aryl methyl sites for hydroxylation is 1. The molecule has 0 unspecified atom stereocenters. The maximum Gasteiger partial charge on any atom is 0.256 e. The van der Waals surface area contributed by atoms with Crippen molar-refractivity contribution in [3.8, 4) is 22.8 Å². The molecule has 5 heteroatoms. The van der Waals surface area contributed by atoms with Gasteiger partial charge in [0.05, 0.1) is 36.7 Å². The molecule has 0 spiro atoms. The minimum absolute atomic E-state index is 0.230. The lowest BCUT2D eigenvalue weighted by Gasteiger charge is -2.14. The number of hydrogen-bond donors (Lipinski definition) is 1. The average molecular weight is 398 g/mol. The van der Waals surface area contributed by atoms with Crippen molar-refractivity contribution in [2.75, 3.05) is 19.5 Å². The Morgan fingerprint density at radius 3 is 2.43 bits per heavy atom. The van der Waals surface area contributed by atoms with Crippen LogP contribution >= 0.6 is 0 Å². The molecule has 0 fully saturated rings. The molecule has 4 rings (SSSR count). The number of anilines is 1. The molecule has 1 N–H and O–H groups in total. The summed E-state index contributed by atoms with van der Waals surface area (Å²) in [6.45, 7) is 2.04. The zero-order chi connectivity index (χ0) is 21.1. The molecule has 0 aliphatic carbocycles. The van der Waals surface area contributed by atoms with Crippen LogP contribution in [0.25, 0.3) is 22.2 Å². The molecule has 30 heavy (non-hydrogen) atoms. The highest BCUT2D eigenvalue weighted by molar-refractivity contribution is 6.13. The summed E-state index contributed by atoms with van der Waals surface area (Å²) in [4.78, 5) is 18.1. The highest BCUT2D eigenvalue weighted by Crippen LogP contribution is 2.31. The number of nitrogens with zero attached hydrogens (tertiary/aromatic N) is 1. The summed E-state index contributed by atoms with van der Waals surface area (Å²) in [7, 11) is 3.14. The molecule has 0 aliphatic heterocycles. The lowest BCUT2D eigenvalue weighted by Crippen LogP contribution is -2.14. The van der Waals surface area contributed by atoms with Gasteiger partial charge in [-0.25, -0.2) is 4.98 Å². The lowest BCUT2D eigenvalue weighted by molar-refractivity contribution is 0.102. The van der Waals surface area contributed by atoms with E-state index in [-0.39, 0.29) is 5.91 Å². The standard InChI is InChI=1S/C25H22N2O3/c1-16-8-4-5-9-18(16)23-15-20(19-10-6-7-11-21(19)26-23)25(28)27-22-13-12-17(29-2)14-24(22)30-3/h4-15H,1-3H3,(H,27,28). The molecule has 5 nitrogen and oxygen atoms in total. The normalized spacial score (nSPS) is 10.6. The topological polar surface area (TPSA) is 60.5 Å². The Morgan fingerprint density at radius 1 is 0.900 bits per heavy atom. The Morgan fingerprint density at radius 2 is 1.67 bits per heavy atom. The van der Waals surface area contributed by atoms with Crippen LogP contribution in [0.5, 0.6) is 11.5 Å². The fourth-order valence-corrected chi connectivity index (χ4v) is 3.45. The predicted octanol–water partition coefficient (Wildman–Crippen LogP) is 5.48. The van der Waals surface area contributed by atoms with E-state index in [0.29, 0.717) is 22.7 Å². The third-order valence-corrected chi connectivity index (χ3v) is 5.04. The van der Waals surface area contributed by atoms with Crippen LogP contribution in [0.2, 0.25) is 0 Å². The van der Waals surface area contributed by atoms with Crippen LogP contribution in [0, 0.1) is 6.92 Å². The number of aromatic nitrogens is 1. The number of hydrogen-bond acceptors (Lipinski definition) is 4. The largest absolute Gasteiger partial charge is 0.497 e. The van der Waals surface area contributed by atoms with Crippen LogP contribution in [0.15, 0.2) is 72.8 Å². The van der Waals surface area contributed by atoms with Crippen molar-refractivity contribution in [2.45, 2.75) is 6.92 Å². The van der Waals surface area contributed by atoms with E-state index in [1.165, 1.54) is 0 Å². The summed E-state index contributed by atoms with van der Waals surface area (Å²) >= 11 is 0. The molecule has 150 valence electrons. The van der Waals surface area contributed by atoms with Crippen molar-refractivity contribution in [3.05, 3.63) is 83.9 Å². The van der Waals surface area contributed by atoms with Gasteiger partial charge >= 0.3 is 0 Å². The first kappa shape index (κ1) is 19.5. The Hall–Kier alpha value is -3.86. The van der Waals surface area contributed by atoms with Gasteiger partial charge in [0.25, 0.3) is 5.91 Å². The number of amides is 1. The van der Waals surface area contributed by atoms with Crippen LogP contribution in [0.3, 0.4) is 0 Å². The zero-order valence-electron chi connectivity index (χ0n) is 17.1. The number of carbonyl (C=O) groups excluding carboxylic acids is 1. The maximum atomic E-state index is 13.3. The molecular formula is C25H22N2O3. The van der Waals surface area contributed by atoms with Crippen molar-refractivity contribution >= 4 is 22.5 Å². The van der Waals surface area contributed by atoms with Crippen LogP contribution in [-0.4, -0.2) is 25.1 Å². The summed E-state index contributed by atoms with van der Waals surface area (Å²) < 4.78 is 10.6. The van der Waals surface area contributed by atoms with Crippen molar-refractivity contribution < 1.29 is 14.3 Å². The van der Waals surface area contributed by atoms with E-state index < -0.39 is 0 Å². The molecule has 0 bridgehead atoms. The molecule has 1 heterocycles. The number of methoxy groups -OCH3 is 2. The van der Waals surface area contributed by atoms with E-state index in [1.807, 2.05) is 61.5 Å². The number of rotatable bonds is 5. The molecule has 0 aliphatic rings. The Bertz CT molecular complexity index is 1230. The van der Waals surface area contributed by atoms with Gasteiger partial charge in [0.1, 0.15) is 11.5 Å². The summed E-state index contributed by atoms with van der Waals surface area (Å²) in [6, 6.07) is 22.8. The molecule has 3 aromatic carbocycles. The van der Waals surface area contributed by atoms with Gasteiger partial charge in [0.15, 0.2) is 0 Å². The lowest BCUT2D eigenvalue weighted by atomic mass is 10.0. The number of pyridine rings is 1. The molecule has 0 saturated carbocycles. The first-order valence-electron chi connectivity index (χ1n) is 9.60. The van der Waals surface area contributed by atoms with Crippen molar-refractivity contribution in [2.24, 2.45) is 0 Å². The van der Waals surface area contributed by atoms with Crippen molar-refractivity contribution in [1.29, 1.82) is 0 Å². The van der Waals surface area contributed by atoms with Crippen LogP contribution in [0.4, 0.5) is 5.69 Å². The second kappa shape index (κ2) is 8.25. The number of benzene rings is 3. The fraction of sp³-hybridized carbons (Fsp3) is 0.120. The van der Waals surface area contributed by atoms with E-state index >= 15 is 0 Å². The predicted molar refractivity (Wildman–Crippen MR) is 119 cm³/mol. The van der Waals surface area contributed by atoms with Gasteiger partial charge in [0, 0.05) is 17.0 Å². The van der Waals surface area contributed by atoms with E-state index in [0.717, 1.165) is 27.7 Å². The zero-order valence-corrected chi connectivity index (χ0v) is 17.1. The number of ether oxygens (including phenoxy) is 2. The van der Waals surface area contributed by atoms with Gasteiger partial charge in [-0.15, -0.1) is 0 Å². The highest BCUT2D eigenvalue weighted by atomic mass is 16.5. The number of fused-ring (bicyclic) bond motifs is 1. The summed E-state index contributed by atoms with van der Waals surface area (Å²) in [6.07, 6.45) is 0. The third-order valence-electron chi connectivity index (χ3n) is 5.04. The molecular weight excluding hydrogens is 376 g/mol. The fourth-order valence-electron chi connectivity index (χ4n) is 3.45. The maximum absolute atomic E-state index is 13.3. The molecule has 0 radical (unpaired) electrons. The minimum Gasteiger partial charge on any atom is -0.497 e. The van der Waals surface area contributed by atoms with Crippen molar-refractivity contribution in [3.63, 3.8) is 0 Å². The smallest absolute Gasteiger partial charge is 0.256 e. The van der Waals surface area contributed by atoms with E-state index in [4.69, 9.17) is 14.5 Å². The molecule has 0 saturated heterocycles. The summed E-state index contributed by atoms with van der Waals surface area (Å²) in [5.41, 5.74) is 4.75. The van der Waals surface area contributed by atoms with Gasteiger partial charge < -0.3 is 14.8 Å². The summed E-state index contributed by atoms with van der Waals surface area (Å²) in [5.74, 6) is 0.952. The Labute approximate surface area is 175 Å². The second-order valence-electron chi connectivity index (χ2n) is 6.91.